The number of carbonyl (C=O) groups is 1. The largest absolute Gasteiger partial charge is 0.361 e. The van der Waals surface area contributed by atoms with E-state index in [1.165, 1.54) is 0 Å². The molecule has 0 radical (unpaired) electrons. The molecule has 0 unspecified atom stereocenters. The highest BCUT2D eigenvalue weighted by Crippen LogP contribution is 2.16. The summed E-state index contributed by atoms with van der Waals surface area (Å²) in [4.78, 5) is 17.9. The molecular formula is C21H23N3O. The number of nitrogens with one attached hydrogen (secondary N) is 1. The van der Waals surface area contributed by atoms with Crippen LogP contribution in [0.1, 0.15) is 22.3 Å². The lowest BCUT2D eigenvalue weighted by molar-refractivity contribution is 0.0773. The summed E-state index contributed by atoms with van der Waals surface area (Å²) in [5.74, 6) is 0.0364. The van der Waals surface area contributed by atoms with E-state index in [9.17, 15) is 4.79 Å². The first-order valence-electron chi connectivity index (χ1n) is 8.56. The van der Waals surface area contributed by atoms with Gasteiger partial charge in [0.25, 0.3) is 5.91 Å². The molecule has 1 heterocycles. The van der Waals surface area contributed by atoms with Gasteiger partial charge in [-0.15, -0.1) is 0 Å². The number of aromatic nitrogens is 1. The van der Waals surface area contributed by atoms with Crippen molar-refractivity contribution in [1.82, 2.24) is 9.88 Å². The Labute approximate surface area is 148 Å². The first-order valence-corrected chi connectivity index (χ1v) is 8.56. The summed E-state index contributed by atoms with van der Waals surface area (Å²) < 4.78 is 0. The van der Waals surface area contributed by atoms with Gasteiger partial charge in [-0.3, -0.25) is 4.79 Å². The van der Waals surface area contributed by atoms with E-state index in [1.807, 2.05) is 77.8 Å². The molecule has 4 heteroatoms. The van der Waals surface area contributed by atoms with Crippen LogP contribution in [0, 0.1) is 0 Å². The molecular weight excluding hydrogens is 310 g/mol. The van der Waals surface area contributed by atoms with Crippen LogP contribution in [0.4, 0.5) is 0 Å². The molecule has 0 spiro atoms. The molecule has 0 aliphatic heterocycles. The molecule has 0 aliphatic carbocycles. The molecule has 128 valence electrons. The van der Waals surface area contributed by atoms with Gasteiger partial charge in [0.15, 0.2) is 0 Å². The maximum Gasteiger partial charge on any atom is 0.254 e. The van der Waals surface area contributed by atoms with E-state index in [0.717, 1.165) is 22.9 Å². The fourth-order valence-electron chi connectivity index (χ4n) is 2.81. The highest BCUT2D eigenvalue weighted by molar-refractivity contribution is 5.98. The van der Waals surface area contributed by atoms with Gasteiger partial charge >= 0.3 is 0 Å². The van der Waals surface area contributed by atoms with Crippen LogP contribution >= 0.6 is 0 Å². The molecule has 3 aromatic rings. The third-order valence-electron chi connectivity index (χ3n) is 4.16. The van der Waals surface area contributed by atoms with Gasteiger partial charge in [0.1, 0.15) is 0 Å². The second-order valence-electron chi connectivity index (χ2n) is 5.99. The van der Waals surface area contributed by atoms with Crippen LogP contribution in [-0.2, 0) is 0 Å². The molecule has 4 nitrogen and oxygen atoms in total. The lowest BCUT2D eigenvalue weighted by Gasteiger charge is -2.21. The number of benzene rings is 2. The minimum Gasteiger partial charge on any atom is -0.361 e. The summed E-state index contributed by atoms with van der Waals surface area (Å²) in [5.41, 5.74) is 8.50. The van der Waals surface area contributed by atoms with E-state index < -0.39 is 0 Å². The second kappa shape index (κ2) is 8.31. The first-order chi connectivity index (χ1) is 12.3. The molecule has 1 aromatic heterocycles. The number of hydrogen-bond donors (Lipinski definition) is 2. The van der Waals surface area contributed by atoms with Gasteiger partial charge < -0.3 is 15.6 Å². The predicted molar refractivity (Wildman–Crippen MR) is 103 cm³/mol. The number of hydrogen-bond acceptors (Lipinski definition) is 2. The van der Waals surface area contributed by atoms with Crippen molar-refractivity contribution >= 4 is 22.9 Å². The van der Waals surface area contributed by atoms with Crippen molar-refractivity contribution in [2.45, 2.75) is 6.42 Å². The molecule has 25 heavy (non-hydrogen) atoms. The molecule has 0 saturated heterocycles. The Morgan fingerprint density at radius 3 is 2.76 bits per heavy atom. The van der Waals surface area contributed by atoms with Crippen molar-refractivity contribution in [2.75, 3.05) is 19.6 Å². The van der Waals surface area contributed by atoms with Crippen LogP contribution in [0.3, 0.4) is 0 Å². The Hall–Kier alpha value is -2.85. The third-order valence-corrected chi connectivity index (χ3v) is 4.16. The summed E-state index contributed by atoms with van der Waals surface area (Å²) in [6.07, 6.45) is 6.74. The molecule has 3 N–H and O–H groups in total. The average molecular weight is 333 g/mol. The Morgan fingerprint density at radius 2 is 1.96 bits per heavy atom. The fourth-order valence-corrected chi connectivity index (χ4v) is 2.81. The lowest BCUT2D eigenvalue weighted by Crippen LogP contribution is -2.33. The molecule has 0 saturated carbocycles. The van der Waals surface area contributed by atoms with Crippen molar-refractivity contribution in [2.24, 2.45) is 5.73 Å². The maximum atomic E-state index is 12.9. The normalized spacial score (nSPS) is 11.2. The standard InChI is InChI=1S/C21H23N3O/c22-12-5-15-24(14-4-8-17-6-2-1-3-7-17)21(25)19-9-10-20-18(16-19)11-13-23-20/h1-4,6-11,13,16,23H,5,12,14-15,22H2. The van der Waals surface area contributed by atoms with Crippen molar-refractivity contribution in [3.05, 3.63) is 78.0 Å². The summed E-state index contributed by atoms with van der Waals surface area (Å²) in [6, 6.07) is 17.8. The molecule has 3 rings (SSSR count). The van der Waals surface area contributed by atoms with Gasteiger partial charge in [0.2, 0.25) is 0 Å². The zero-order valence-corrected chi connectivity index (χ0v) is 14.2. The van der Waals surface area contributed by atoms with Crippen LogP contribution in [-0.4, -0.2) is 35.4 Å². The van der Waals surface area contributed by atoms with E-state index in [1.54, 1.807) is 0 Å². The highest BCUT2D eigenvalue weighted by atomic mass is 16.2. The van der Waals surface area contributed by atoms with E-state index in [-0.39, 0.29) is 5.91 Å². The van der Waals surface area contributed by atoms with Gasteiger partial charge in [0, 0.05) is 35.8 Å². The van der Waals surface area contributed by atoms with Gasteiger partial charge in [-0.2, -0.15) is 0 Å². The number of nitrogens with zero attached hydrogens (tertiary/aromatic N) is 1. The third kappa shape index (κ3) is 4.37. The van der Waals surface area contributed by atoms with Gasteiger partial charge in [-0.1, -0.05) is 42.5 Å². The SMILES string of the molecule is NCCCN(CC=Cc1ccccc1)C(=O)c1ccc2[nH]ccc2c1. The molecule has 0 fully saturated rings. The topological polar surface area (TPSA) is 62.1 Å². The number of amides is 1. The van der Waals surface area contributed by atoms with Crippen molar-refractivity contribution in [3.63, 3.8) is 0 Å². The zero-order valence-electron chi connectivity index (χ0n) is 14.2. The maximum absolute atomic E-state index is 12.9. The zero-order chi connectivity index (χ0) is 17.5. The van der Waals surface area contributed by atoms with E-state index in [0.29, 0.717) is 25.2 Å². The Bertz CT molecular complexity index is 852. The highest BCUT2D eigenvalue weighted by Gasteiger charge is 2.14. The van der Waals surface area contributed by atoms with Crippen molar-refractivity contribution < 1.29 is 4.79 Å². The number of carbonyl (C=O) groups excluding carboxylic acids is 1. The molecule has 1 amide bonds. The number of H-pyrrole nitrogens is 1. The first kappa shape index (κ1) is 17.0. The van der Waals surface area contributed by atoms with Gasteiger partial charge in [0.05, 0.1) is 0 Å². The molecule has 0 bridgehead atoms. The van der Waals surface area contributed by atoms with E-state index >= 15 is 0 Å². The summed E-state index contributed by atoms with van der Waals surface area (Å²) in [7, 11) is 0. The van der Waals surface area contributed by atoms with E-state index in [2.05, 4.69) is 4.98 Å². The molecule has 0 atom stereocenters. The van der Waals surface area contributed by atoms with Gasteiger partial charge in [-0.05, 0) is 42.8 Å². The summed E-state index contributed by atoms with van der Waals surface area (Å²) in [5, 5.41) is 1.05. The summed E-state index contributed by atoms with van der Waals surface area (Å²) in [6.45, 7) is 1.79. The van der Waals surface area contributed by atoms with Crippen LogP contribution < -0.4 is 5.73 Å². The number of nitrogens with two attached hydrogens (primary N) is 1. The van der Waals surface area contributed by atoms with Crippen LogP contribution in [0.15, 0.2) is 66.9 Å². The number of aromatic amines is 1. The minimum atomic E-state index is 0.0364. The molecule has 2 aromatic carbocycles. The van der Waals surface area contributed by atoms with E-state index in [4.69, 9.17) is 5.73 Å². The summed E-state index contributed by atoms with van der Waals surface area (Å²) >= 11 is 0. The number of rotatable bonds is 7. The fraction of sp³-hybridized carbons (Fsp3) is 0.190. The lowest BCUT2D eigenvalue weighted by atomic mass is 10.1. The van der Waals surface area contributed by atoms with Crippen LogP contribution in [0.5, 0.6) is 0 Å². The Kier molecular flexibility index (Phi) is 5.65. The van der Waals surface area contributed by atoms with Crippen LogP contribution in [0.25, 0.3) is 17.0 Å². The van der Waals surface area contributed by atoms with Crippen molar-refractivity contribution in [3.8, 4) is 0 Å². The number of fused-ring (bicyclic) bond motifs is 1. The quantitative estimate of drug-likeness (QED) is 0.693. The molecule has 0 aliphatic rings. The smallest absolute Gasteiger partial charge is 0.254 e. The Morgan fingerprint density at radius 1 is 1.12 bits per heavy atom. The van der Waals surface area contributed by atoms with Crippen molar-refractivity contribution in [1.29, 1.82) is 0 Å². The monoisotopic (exact) mass is 333 g/mol. The second-order valence-corrected chi connectivity index (χ2v) is 5.99. The van der Waals surface area contributed by atoms with Crippen LogP contribution in [0.2, 0.25) is 0 Å². The minimum absolute atomic E-state index is 0.0364. The van der Waals surface area contributed by atoms with Gasteiger partial charge in [-0.25, -0.2) is 0 Å². The Balaban J connectivity index is 1.74. The average Bonchev–Trinajstić information content (AvgIpc) is 3.12. The predicted octanol–water partition coefficient (Wildman–Crippen LogP) is 3.67.